The van der Waals surface area contributed by atoms with Gasteiger partial charge in [-0.3, -0.25) is 9.59 Å². The molecule has 1 aliphatic heterocycles. The van der Waals surface area contributed by atoms with Crippen molar-refractivity contribution in [2.75, 3.05) is 13.2 Å². The average molecular weight is 353 g/mol. The van der Waals surface area contributed by atoms with Crippen LogP contribution in [-0.2, 0) is 23.8 Å². The number of carbonyl (C=O) groups is 2. The van der Waals surface area contributed by atoms with Crippen molar-refractivity contribution in [2.45, 2.75) is 64.7 Å². The molecule has 1 saturated heterocycles. The molecule has 5 nitrogen and oxygen atoms in total. The predicted octanol–water partition coefficient (Wildman–Crippen LogP) is 3.06. The van der Waals surface area contributed by atoms with Crippen molar-refractivity contribution >= 4 is 21.5 Å². The molecule has 6 heteroatoms. The quantitative estimate of drug-likeness (QED) is 0.188. The van der Waals surface area contributed by atoms with Gasteiger partial charge in [-0.25, -0.2) is 0 Å². The van der Waals surface area contributed by atoms with Gasteiger partial charge in [-0.1, -0.05) is 38.0 Å². The molecule has 2 rings (SSSR count). The van der Waals surface area contributed by atoms with Crippen LogP contribution in [0.3, 0.4) is 0 Å². The van der Waals surface area contributed by atoms with Crippen LogP contribution in [0.2, 0.25) is 6.04 Å². The summed E-state index contributed by atoms with van der Waals surface area (Å²) in [7, 11) is 0.566. The summed E-state index contributed by atoms with van der Waals surface area (Å²) in [6, 6.07) is 0.819. The van der Waals surface area contributed by atoms with Crippen LogP contribution in [0.4, 0.5) is 0 Å². The summed E-state index contributed by atoms with van der Waals surface area (Å²) < 4.78 is 16.5. The number of hydrogen-bond donors (Lipinski definition) is 0. The van der Waals surface area contributed by atoms with Crippen LogP contribution in [0, 0.1) is 11.8 Å². The van der Waals surface area contributed by atoms with Crippen molar-refractivity contribution < 1.29 is 23.8 Å². The monoisotopic (exact) mass is 352 g/mol. The van der Waals surface area contributed by atoms with E-state index in [0.717, 1.165) is 44.9 Å². The van der Waals surface area contributed by atoms with Crippen molar-refractivity contribution in [2.24, 2.45) is 11.8 Å². The lowest BCUT2D eigenvalue weighted by molar-refractivity contribution is -0.153. The molecule has 0 saturated carbocycles. The molecule has 0 aromatic heterocycles. The maximum Gasteiger partial charge on any atom is 0.317 e. The molecular formula is C18H28O5Si. The van der Waals surface area contributed by atoms with Crippen LogP contribution in [-0.4, -0.2) is 41.0 Å². The fraction of sp³-hybridized carbons (Fsp3) is 0.778. The van der Waals surface area contributed by atoms with Gasteiger partial charge in [-0.15, -0.1) is 0 Å². The molecule has 2 radical (unpaired) electrons. The number of carbonyl (C=O) groups excluding carboxylic acids is 2. The van der Waals surface area contributed by atoms with Crippen LogP contribution < -0.4 is 0 Å². The van der Waals surface area contributed by atoms with Crippen LogP contribution in [0.5, 0.6) is 0 Å². The molecule has 0 bridgehead atoms. The third-order valence-electron chi connectivity index (χ3n) is 4.45. The highest BCUT2D eigenvalue weighted by Gasteiger charge is 2.45. The van der Waals surface area contributed by atoms with Gasteiger partial charge in [0, 0.05) is 13.2 Å². The highest BCUT2D eigenvalue weighted by molar-refractivity contribution is 6.45. The van der Waals surface area contributed by atoms with Crippen molar-refractivity contribution in [3.8, 4) is 0 Å². The number of allylic oxidation sites excluding steroid dienone is 2. The van der Waals surface area contributed by atoms with Gasteiger partial charge in [0.2, 0.25) is 0 Å². The standard InChI is InChI=1S/C18H28O5Si/c1-3-5-9-21-16(22-10-6-4-2)12-24-13-7-8-14-15(11-13)18(20)23-17(14)19/h7,14-16H,3-6,8-12H2,1-2H3. The summed E-state index contributed by atoms with van der Waals surface area (Å²) in [5, 5.41) is 1.24. The molecule has 0 amide bonds. The van der Waals surface area contributed by atoms with Gasteiger partial charge in [0.1, 0.15) is 0 Å². The third kappa shape index (κ3) is 5.53. The SMILES string of the molecule is CCCCOC(C[Si]C1=CCC2C(=O)OC(=O)C2C1)OCCCC. The second kappa shape index (κ2) is 10.1. The molecule has 0 N–H and O–H groups in total. The van der Waals surface area contributed by atoms with Gasteiger partial charge in [-0.2, -0.15) is 0 Å². The van der Waals surface area contributed by atoms with Crippen molar-refractivity contribution in [1.82, 2.24) is 0 Å². The van der Waals surface area contributed by atoms with E-state index in [9.17, 15) is 9.59 Å². The maximum atomic E-state index is 11.7. The van der Waals surface area contributed by atoms with Crippen molar-refractivity contribution in [3.63, 3.8) is 0 Å². The zero-order chi connectivity index (χ0) is 17.4. The Morgan fingerprint density at radius 2 is 1.75 bits per heavy atom. The van der Waals surface area contributed by atoms with Crippen LogP contribution in [0.15, 0.2) is 11.3 Å². The Hall–Kier alpha value is -0.983. The van der Waals surface area contributed by atoms with E-state index in [4.69, 9.17) is 14.2 Å². The summed E-state index contributed by atoms with van der Waals surface area (Å²) in [6.45, 7) is 5.73. The molecule has 134 valence electrons. The number of rotatable bonds is 11. The first kappa shape index (κ1) is 19.3. The zero-order valence-corrected chi connectivity index (χ0v) is 15.7. The van der Waals surface area contributed by atoms with E-state index in [1.54, 1.807) is 0 Å². The number of ether oxygens (including phenoxy) is 3. The van der Waals surface area contributed by atoms with Crippen LogP contribution in [0.1, 0.15) is 52.4 Å². The van der Waals surface area contributed by atoms with E-state index in [1.165, 1.54) is 5.20 Å². The maximum absolute atomic E-state index is 11.7. The molecule has 1 heterocycles. The van der Waals surface area contributed by atoms with Crippen molar-refractivity contribution in [3.05, 3.63) is 11.3 Å². The lowest BCUT2D eigenvalue weighted by atomic mass is 9.85. The van der Waals surface area contributed by atoms with E-state index in [2.05, 4.69) is 19.9 Å². The lowest BCUT2D eigenvalue weighted by Gasteiger charge is -2.22. The second-order valence-electron chi connectivity index (χ2n) is 6.38. The second-order valence-corrected chi connectivity index (χ2v) is 7.79. The summed E-state index contributed by atoms with van der Waals surface area (Å²) in [6.07, 6.45) is 7.49. The fourth-order valence-electron chi connectivity index (χ4n) is 2.90. The van der Waals surface area contributed by atoms with E-state index in [0.29, 0.717) is 22.4 Å². The van der Waals surface area contributed by atoms with E-state index in [1.807, 2.05) is 0 Å². The Bertz CT molecular complexity index is 452. The molecular weight excluding hydrogens is 324 g/mol. The number of fused-ring (bicyclic) bond motifs is 1. The summed E-state index contributed by atoms with van der Waals surface area (Å²) in [5.41, 5.74) is 0. The summed E-state index contributed by atoms with van der Waals surface area (Å²) >= 11 is 0. The Morgan fingerprint density at radius 3 is 2.38 bits per heavy atom. The Balaban J connectivity index is 1.80. The summed E-state index contributed by atoms with van der Waals surface area (Å²) in [5.74, 6) is -1.24. The van der Waals surface area contributed by atoms with Crippen LogP contribution in [0.25, 0.3) is 0 Å². The minimum atomic E-state index is -0.354. The predicted molar refractivity (Wildman–Crippen MR) is 91.5 cm³/mol. The first-order valence-electron chi connectivity index (χ1n) is 9.07. The Morgan fingerprint density at radius 1 is 1.12 bits per heavy atom. The topological polar surface area (TPSA) is 61.8 Å². The molecule has 0 spiro atoms. The number of hydrogen-bond acceptors (Lipinski definition) is 5. The molecule has 1 aliphatic carbocycles. The Labute approximate surface area is 146 Å². The molecule has 1 fully saturated rings. The van der Waals surface area contributed by atoms with Gasteiger partial charge in [0.25, 0.3) is 0 Å². The van der Waals surface area contributed by atoms with Crippen molar-refractivity contribution in [1.29, 1.82) is 0 Å². The molecule has 2 atom stereocenters. The smallest absolute Gasteiger partial charge is 0.317 e. The highest BCUT2D eigenvalue weighted by Crippen LogP contribution is 2.36. The number of unbranched alkanes of at least 4 members (excludes halogenated alkanes) is 2. The average Bonchev–Trinajstić information content (AvgIpc) is 2.86. The van der Waals surface area contributed by atoms with Gasteiger partial charge in [-0.05, 0) is 31.7 Å². The number of esters is 2. The fourth-order valence-corrected chi connectivity index (χ4v) is 4.19. The first-order valence-corrected chi connectivity index (χ1v) is 10.3. The molecule has 2 unspecified atom stereocenters. The van der Waals surface area contributed by atoms with Gasteiger partial charge >= 0.3 is 11.9 Å². The van der Waals surface area contributed by atoms with E-state index < -0.39 is 0 Å². The Kier molecular flexibility index (Phi) is 8.15. The van der Waals surface area contributed by atoms with E-state index in [-0.39, 0.29) is 30.1 Å². The molecule has 0 aromatic carbocycles. The first-order chi connectivity index (χ1) is 11.7. The molecule has 24 heavy (non-hydrogen) atoms. The van der Waals surface area contributed by atoms with Gasteiger partial charge in [0.05, 0.1) is 21.4 Å². The minimum absolute atomic E-state index is 0.169. The zero-order valence-electron chi connectivity index (χ0n) is 14.7. The largest absolute Gasteiger partial charge is 0.393 e. The van der Waals surface area contributed by atoms with E-state index >= 15 is 0 Å². The van der Waals surface area contributed by atoms with Crippen LogP contribution >= 0.6 is 0 Å². The third-order valence-corrected chi connectivity index (χ3v) is 5.85. The van der Waals surface area contributed by atoms with Gasteiger partial charge in [0.15, 0.2) is 6.29 Å². The lowest BCUT2D eigenvalue weighted by Crippen LogP contribution is -2.25. The normalized spacial score (nSPS) is 23.4. The van der Waals surface area contributed by atoms with Gasteiger partial charge < -0.3 is 14.2 Å². The molecule has 0 aromatic rings. The number of cyclic esters (lactones) is 2. The summed E-state index contributed by atoms with van der Waals surface area (Å²) in [4.78, 5) is 23.3. The highest BCUT2D eigenvalue weighted by atomic mass is 28.2. The minimum Gasteiger partial charge on any atom is -0.393 e. The molecule has 2 aliphatic rings.